The average Bonchev–Trinajstić information content (AvgIpc) is 2.54. The van der Waals surface area contributed by atoms with Crippen LogP contribution in [0.2, 0.25) is 0 Å². The standard InChI is InChI=1S/C14H21N3/c1-9(2)7-14-12-6-5-11(10(3)15)8-13(12)16-17(14)4/h5-6,8-10H,7,15H2,1-4H3. The van der Waals surface area contributed by atoms with E-state index in [2.05, 4.69) is 37.1 Å². The van der Waals surface area contributed by atoms with E-state index in [1.54, 1.807) is 0 Å². The molecule has 0 saturated carbocycles. The topological polar surface area (TPSA) is 43.8 Å². The van der Waals surface area contributed by atoms with Crippen LogP contribution < -0.4 is 5.73 Å². The van der Waals surface area contributed by atoms with Crippen LogP contribution in [0, 0.1) is 5.92 Å². The predicted molar refractivity (Wildman–Crippen MR) is 71.9 cm³/mol. The highest BCUT2D eigenvalue weighted by Crippen LogP contribution is 2.23. The number of rotatable bonds is 3. The largest absolute Gasteiger partial charge is 0.324 e. The fourth-order valence-electron chi connectivity index (χ4n) is 2.18. The molecular weight excluding hydrogens is 210 g/mol. The zero-order valence-corrected chi connectivity index (χ0v) is 11.1. The number of fused-ring (bicyclic) bond motifs is 1. The number of nitrogens with zero attached hydrogens (tertiary/aromatic N) is 2. The molecule has 0 spiro atoms. The predicted octanol–water partition coefficient (Wildman–Crippen LogP) is 2.79. The molecule has 0 fully saturated rings. The first kappa shape index (κ1) is 12.1. The summed E-state index contributed by atoms with van der Waals surface area (Å²) < 4.78 is 2.00. The molecule has 3 heteroatoms. The van der Waals surface area contributed by atoms with Crippen LogP contribution in [-0.4, -0.2) is 9.78 Å². The van der Waals surface area contributed by atoms with E-state index in [9.17, 15) is 0 Å². The van der Waals surface area contributed by atoms with E-state index >= 15 is 0 Å². The first-order valence-electron chi connectivity index (χ1n) is 6.20. The molecule has 0 aliphatic heterocycles. The Morgan fingerprint density at radius 2 is 2.00 bits per heavy atom. The number of aromatic nitrogens is 2. The van der Waals surface area contributed by atoms with Gasteiger partial charge in [0.05, 0.1) is 5.52 Å². The van der Waals surface area contributed by atoms with Crippen molar-refractivity contribution in [3.05, 3.63) is 29.5 Å². The van der Waals surface area contributed by atoms with Crippen molar-refractivity contribution in [2.75, 3.05) is 0 Å². The summed E-state index contributed by atoms with van der Waals surface area (Å²) in [5, 5.41) is 5.83. The van der Waals surface area contributed by atoms with Crippen LogP contribution in [-0.2, 0) is 13.5 Å². The molecule has 3 nitrogen and oxygen atoms in total. The van der Waals surface area contributed by atoms with Gasteiger partial charge in [-0.25, -0.2) is 0 Å². The second kappa shape index (κ2) is 4.49. The molecule has 0 bridgehead atoms. The summed E-state index contributed by atoms with van der Waals surface area (Å²) in [4.78, 5) is 0. The number of nitrogens with two attached hydrogens (primary N) is 1. The van der Waals surface area contributed by atoms with Crippen LogP contribution in [0.5, 0.6) is 0 Å². The van der Waals surface area contributed by atoms with Crippen molar-refractivity contribution in [2.24, 2.45) is 18.7 Å². The molecule has 1 heterocycles. The molecule has 0 amide bonds. The smallest absolute Gasteiger partial charge is 0.0929 e. The Labute approximate surface area is 103 Å². The van der Waals surface area contributed by atoms with Crippen LogP contribution in [0.1, 0.15) is 38.1 Å². The molecule has 2 aromatic rings. The monoisotopic (exact) mass is 231 g/mol. The normalized spacial score (nSPS) is 13.5. The Morgan fingerprint density at radius 1 is 1.29 bits per heavy atom. The van der Waals surface area contributed by atoms with Gasteiger partial charge in [0.15, 0.2) is 0 Å². The van der Waals surface area contributed by atoms with E-state index in [0.717, 1.165) is 17.5 Å². The first-order chi connectivity index (χ1) is 7.99. The molecule has 1 aromatic heterocycles. The number of hydrogen-bond donors (Lipinski definition) is 1. The second-order valence-electron chi connectivity index (χ2n) is 5.23. The summed E-state index contributed by atoms with van der Waals surface area (Å²) in [6.45, 7) is 6.46. The highest BCUT2D eigenvalue weighted by Gasteiger charge is 2.11. The van der Waals surface area contributed by atoms with Gasteiger partial charge in [-0.1, -0.05) is 26.0 Å². The van der Waals surface area contributed by atoms with Gasteiger partial charge in [-0.05, 0) is 30.9 Å². The van der Waals surface area contributed by atoms with Gasteiger partial charge < -0.3 is 5.73 Å². The number of benzene rings is 1. The Kier molecular flexibility index (Phi) is 3.20. The number of aryl methyl sites for hydroxylation is 1. The summed E-state index contributed by atoms with van der Waals surface area (Å²) in [6.07, 6.45) is 1.06. The first-order valence-corrected chi connectivity index (χ1v) is 6.20. The Morgan fingerprint density at radius 3 is 2.59 bits per heavy atom. The highest BCUT2D eigenvalue weighted by atomic mass is 15.3. The summed E-state index contributed by atoms with van der Waals surface area (Å²) in [5.74, 6) is 0.640. The lowest BCUT2D eigenvalue weighted by Crippen LogP contribution is -2.04. The molecule has 92 valence electrons. The van der Waals surface area contributed by atoms with E-state index in [-0.39, 0.29) is 6.04 Å². The van der Waals surface area contributed by atoms with Crippen LogP contribution in [0.3, 0.4) is 0 Å². The fourth-order valence-corrected chi connectivity index (χ4v) is 2.18. The zero-order chi connectivity index (χ0) is 12.6. The highest BCUT2D eigenvalue weighted by molar-refractivity contribution is 5.82. The van der Waals surface area contributed by atoms with Gasteiger partial charge in [-0.2, -0.15) is 5.10 Å². The molecule has 2 rings (SSSR count). The van der Waals surface area contributed by atoms with Gasteiger partial charge in [0.1, 0.15) is 0 Å². The van der Waals surface area contributed by atoms with E-state index in [1.807, 2.05) is 18.7 Å². The minimum absolute atomic E-state index is 0.0648. The summed E-state index contributed by atoms with van der Waals surface area (Å²) in [6, 6.07) is 6.43. The molecule has 17 heavy (non-hydrogen) atoms. The molecule has 1 unspecified atom stereocenters. The SMILES string of the molecule is CC(C)Cc1c2ccc(C(C)N)cc2nn1C. The third kappa shape index (κ3) is 2.34. The maximum atomic E-state index is 5.90. The van der Waals surface area contributed by atoms with Crippen molar-refractivity contribution in [2.45, 2.75) is 33.2 Å². The van der Waals surface area contributed by atoms with Gasteiger partial charge in [0, 0.05) is 24.2 Å². The fraction of sp³-hybridized carbons (Fsp3) is 0.500. The quantitative estimate of drug-likeness (QED) is 0.882. The third-order valence-electron chi connectivity index (χ3n) is 3.11. The van der Waals surface area contributed by atoms with E-state index in [0.29, 0.717) is 5.92 Å². The lowest BCUT2D eigenvalue weighted by atomic mass is 10.0. The van der Waals surface area contributed by atoms with Crippen molar-refractivity contribution in [1.82, 2.24) is 9.78 Å². The van der Waals surface area contributed by atoms with Crippen LogP contribution >= 0.6 is 0 Å². The maximum absolute atomic E-state index is 5.90. The molecule has 2 N–H and O–H groups in total. The third-order valence-corrected chi connectivity index (χ3v) is 3.11. The summed E-state index contributed by atoms with van der Waals surface area (Å²) in [7, 11) is 2.02. The van der Waals surface area contributed by atoms with Crippen molar-refractivity contribution in [3.63, 3.8) is 0 Å². The average molecular weight is 231 g/mol. The van der Waals surface area contributed by atoms with Crippen LogP contribution in [0.25, 0.3) is 10.9 Å². The van der Waals surface area contributed by atoms with Gasteiger partial charge >= 0.3 is 0 Å². The minimum Gasteiger partial charge on any atom is -0.324 e. The summed E-state index contributed by atoms with van der Waals surface area (Å²) in [5.41, 5.74) is 9.41. The molecule has 1 aromatic carbocycles. The Balaban J connectivity index is 2.52. The molecule has 0 radical (unpaired) electrons. The lowest BCUT2D eigenvalue weighted by molar-refractivity contribution is 0.599. The minimum atomic E-state index is 0.0648. The van der Waals surface area contributed by atoms with Crippen LogP contribution in [0.4, 0.5) is 0 Å². The van der Waals surface area contributed by atoms with Crippen LogP contribution in [0.15, 0.2) is 18.2 Å². The van der Waals surface area contributed by atoms with Gasteiger partial charge in [0.2, 0.25) is 0 Å². The molecule has 1 atom stereocenters. The van der Waals surface area contributed by atoms with Crippen molar-refractivity contribution < 1.29 is 0 Å². The molecule has 0 aliphatic carbocycles. The Bertz CT molecular complexity index is 523. The molecule has 0 saturated heterocycles. The molecule has 0 aliphatic rings. The van der Waals surface area contributed by atoms with Crippen molar-refractivity contribution in [1.29, 1.82) is 0 Å². The Hall–Kier alpha value is -1.35. The van der Waals surface area contributed by atoms with E-state index in [4.69, 9.17) is 5.73 Å². The van der Waals surface area contributed by atoms with Gasteiger partial charge in [0.25, 0.3) is 0 Å². The maximum Gasteiger partial charge on any atom is 0.0929 e. The van der Waals surface area contributed by atoms with E-state index in [1.165, 1.54) is 11.1 Å². The second-order valence-corrected chi connectivity index (χ2v) is 5.23. The zero-order valence-electron chi connectivity index (χ0n) is 11.1. The van der Waals surface area contributed by atoms with Crippen molar-refractivity contribution >= 4 is 10.9 Å². The van der Waals surface area contributed by atoms with Gasteiger partial charge in [-0.15, -0.1) is 0 Å². The van der Waals surface area contributed by atoms with E-state index < -0.39 is 0 Å². The van der Waals surface area contributed by atoms with Gasteiger partial charge in [-0.3, -0.25) is 4.68 Å². The van der Waals surface area contributed by atoms with Crippen molar-refractivity contribution in [3.8, 4) is 0 Å². The number of hydrogen-bond acceptors (Lipinski definition) is 2. The molecular formula is C14H21N3. The summed E-state index contributed by atoms with van der Waals surface area (Å²) >= 11 is 0. The lowest BCUT2D eigenvalue weighted by Gasteiger charge is -2.06.